The summed E-state index contributed by atoms with van der Waals surface area (Å²) in [4.78, 5) is 25.7. The van der Waals surface area contributed by atoms with Crippen LogP contribution in [0.2, 0.25) is 0 Å². The molecule has 2 unspecified atom stereocenters. The Morgan fingerprint density at radius 2 is 2.17 bits per heavy atom. The van der Waals surface area contributed by atoms with Gasteiger partial charge >= 0.3 is 0 Å². The van der Waals surface area contributed by atoms with Gasteiger partial charge in [-0.25, -0.2) is 0 Å². The molecule has 2 N–H and O–H groups in total. The quantitative estimate of drug-likeness (QED) is 0.726. The second-order valence-electron chi connectivity index (χ2n) is 4.93. The molecule has 2 atom stereocenters. The summed E-state index contributed by atoms with van der Waals surface area (Å²) in [5, 5.41) is 5.98. The second kappa shape index (κ2) is 7.36. The van der Waals surface area contributed by atoms with Gasteiger partial charge in [-0.1, -0.05) is 6.92 Å². The average molecular weight is 255 g/mol. The van der Waals surface area contributed by atoms with Crippen LogP contribution in [0.5, 0.6) is 0 Å². The van der Waals surface area contributed by atoms with E-state index in [0.717, 1.165) is 25.8 Å². The van der Waals surface area contributed by atoms with Crippen LogP contribution in [-0.4, -0.2) is 48.9 Å². The number of hydrogen-bond donors (Lipinski definition) is 2. The summed E-state index contributed by atoms with van der Waals surface area (Å²) in [6.07, 6.45) is 3.08. The van der Waals surface area contributed by atoms with E-state index in [0.29, 0.717) is 13.0 Å². The van der Waals surface area contributed by atoms with E-state index >= 15 is 0 Å². The van der Waals surface area contributed by atoms with E-state index in [4.69, 9.17) is 0 Å². The number of hydrogen-bond acceptors (Lipinski definition) is 3. The van der Waals surface area contributed by atoms with Crippen molar-refractivity contribution in [1.82, 2.24) is 15.5 Å². The molecule has 18 heavy (non-hydrogen) atoms. The highest BCUT2D eigenvalue weighted by Crippen LogP contribution is 2.18. The lowest BCUT2D eigenvalue weighted by atomic mass is 10.2. The lowest BCUT2D eigenvalue weighted by Crippen LogP contribution is -2.48. The molecule has 1 heterocycles. The standard InChI is InChI=1S/C13H25N3O2/c1-4-6-12(17)16-8-5-7-11(16)13(18)15-9-10(2)14-3/h10-11,14H,4-9H2,1-3H3,(H,15,18). The maximum atomic E-state index is 12.1. The van der Waals surface area contributed by atoms with Gasteiger partial charge in [0.15, 0.2) is 0 Å². The van der Waals surface area contributed by atoms with E-state index in [1.807, 2.05) is 20.9 Å². The van der Waals surface area contributed by atoms with Crippen molar-refractivity contribution in [3.05, 3.63) is 0 Å². The zero-order valence-electron chi connectivity index (χ0n) is 11.7. The van der Waals surface area contributed by atoms with Crippen molar-refractivity contribution in [3.8, 4) is 0 Å². The zero-order chi connectivity index (χ0) is 13.5. The molecule has 1 rings (SSSR count). The van der Waals surface area contributed by atoms with E-state index in [2.05, 4.69) is 10.6 Å². The predicted octanol–water partition coefficient (Wildman–Crippen LogP) is 0.502. The van der Waals surface area contributed by atoms with Crippen LogP contribution in [0.3, 0.4) is 0 Å². The van der Waals surface area contributed by atoms with Crippen LogP contribution in [0.15, 0.2) is 0 Å². The summed E-state index contributed by atoms with van der Waals surface area (Å²) in [7, 11) is 1.86. The van der Waals surface area contributed by atoms with Gasteiger partial charge < -0.3 is 15.5 Å². The van der Waals surface area contributed by atoms with E-state index < -0.39 is 0 Å². The first-order chi connectivity index (χ1) is 8.60. The fourth-order valence-corrected chi connectivity index (χ4v) is 2.17. The maximum absolute atomic E-state index is 12.1. The molecule has 0 aliphatic carbocycles. The molecular formula is C13H25N3O2. The van der Waals surface area contributed by atoms with Crippen LogP contribution in [-0.2, 0) is 9.59 Å². The third-order valence-electron chi connectivity index (χ3n) is 3.41. The highest BCUT2D eigenvalue weighted by Gasteiger charge is 2.33. The van der Waals surface area contributed by atoms with Crippen molar-refractivity contribution in [2.24, 2.45) is 0 Å². The van der Waals surface area contributed by atoms with Gasteiger partial charge in [0.1, 0.15) is 6.04 Å². The molecule has 5 nitrogen and oxygen atoms in total. The largest absolute Gasteiger partial charge is 0.353 e. The molecule has 2 amide bonds. The van der Waals surface area contributed by atoms with Gasteiger partial charge in [0, 0.05) is 25.6 Å². The van der Waals surface area contributed by atoms with Crippen LogP contribution < -0.4 is 10.6 Å². The number of nitrogens with zero attached hydrogens (tertiary/aromatic N) is 1. The minimum absolute atomic E-state index is 0.0148. The Balaban J connectivity index is 2.48. The van der Waals surface area contributed by atoms with Gasteiger partial charge in [0.25, 0.3) is 0 Å². The highest BCUT2D eigenvalue weighted by molar-refractivity contribution is 5.88. The van der Waals surface area contributed by atoms with E-state index in [1.54, 1.807) is 4.90 Å². The number of likely N-dealkylation sites (N-methyl/N-ethyl adjacent to an activating group) is 1. The molecule has 0 bridgehead atoms. The van der Waals surface area contributed by atoms with Gasteiger partial charge in [0.05, 0.1) is 0 Å². The minimum atomic E-state index is -0.256. The molecule has 1 saturated heterocycles. The first kappa shape index (κ1) is 15.0. The third kappa shape index (κ3) is 3.98. The molecule has 0 spiro atoms. The van der Waals surface area contributed by atoms with Crippen molar-refractivity contribution in [1.29, 1.82) is 0 Å². The molecule has 0 aromatic rings. The van der Waals surface area contributed by atoms with E-state index in [-0.39, 0.29) is 23.9 Å². The normalized spacial score (nSPS) is 20.8. The zero-order valence-corrected chi connectivity index (χ0v) is 11.7. The SMILES string of the molecule is CCCC(=O)N1CCCC1C(=O)NCC(C)NC. The number of rotatable bonds is 6. The smallest absolute Gasteiger partial charge is 0.242 e. The Morgan fingerprint density at radius 1 is 1.44 bits per heavy atom. The second-order valence-corrected chi connectivity index (χ2v) is 4.93. The lowest BCUT2D eigenvalue weighted by Gasteiger charge is -2.24. The van der Waals surface area contributed by atoms with Crippen LogP contribution in [0.4, 0.5) is 0 Å². The maximum Gasteiger partial charge on any atom is 0.242 e. The van der Waals surface area contributed by atoms with Crippen LogP contribution in [0.1, 0.15) is 39.5 Å². The molecule has 104 valence electrons. The third-order valence-corrected chi connectivity index (χ3v) is 3.41. The van der Waals surface area contributed by atoms with Crippen molar-refractivity contribution >= 4 is 11.8 Å². The fourth-order valence-electron chi connectivity index (χ4n) is 2.17. The summed E-state index contributed by atoms with van der Waals surface area (Å²) in [5.74, 6) is 0.0934. The summed E-state index contributed by atoms with van der Waals surface area (Å²) < 4.78 is 0. The number of carbonyl (C=O) groups is 2. The number of likely N-dealkylation sites (tertiary alicyclic amines) is 1. The minimum Gasteiger partial charge on any atom is -0.353 e. The Bertz CT molecular complexity index is 294. The first-order valence-electron chi connectivity index (χ1n) is 6.84. The molecular weight excluding hydrogens is 230 g/mol. The Kier molecular flexibility index (Phi) is 6.12. The Hall–Kier alpha value is -1.10. The van der Waals surface area contributed by atoms with Crippen molar-refractivity contribution in [2.75, 3.05) is 20.1 Å². The van der Waals surface area contributed by atoms with Crippen LogP contribution in [0.25, 0.3) is 0 Å². The van der Waals surface area contributed by atoms with Gasteiger partial charge in [-0.15, -0.1) is 0 Å². The Labute approximate surface area is 109 Å². The number of amides is 2. The molecule has 0 aromatic carbocycles. The van der Waals surface area contributed by atoms with Crippen LogP contribution >= 0.6 is 0 Å². The summed E-state index contributed by atoms with van der Waals surface area (Å²) in [6, 6.07) is -0.0109. The van der Waals surface area contributed by atoms with Crippen molar-refractivity contribution in [2.45, 2.75) is 51.6 Å². The van der Waals surface area contributed by atoms with Gasteiger partial charge in [-0.05, 0) is 33.2 Å². The summed E-state index contributed by atoms with van der Waals surface area (Å²) >= 11 is 0. The lowest BCUT2D eigenvalue weighted by molar-refractivity contribution is -0.138. The van der Waals surface area contributed by atoms with Crippen LogP contribution in [0, 0.1) is 0 Å². The van der Waals surface area contributed by atoms with Gasteiger partial charge in [0.2, 0.25) is 11.8 Å². The first-order valence-corrected chi connectivity index (χ1v) is 6.84. The van der Waals surface area contributed by atoms with Crippen molar-refractivity contribution in [3.63, 3.8) is 0 Å². The summed E-state index contributed by atoms with van der Waals surface area (Å²) in [5.41, 5.74) is 0. The average Bonchev–Trinajstić information content (AvgIpc) is 2.85. The summed E-state index contributed by atoms with van der Waals surface area (Å²) in [6.45, 7) is 5.31. The van der Waals surface area contributed by atoms with E-state index in [9.17, 15) is 9.59 Å². The predicted molar refractivity (Wildman–Crippen MR) is 71.2 cm³/mol. The monoisotopic (exact) mass is 255 g/mol. The number of carbonyl (C=O) groups excluding carboxylic acids is 2. The molecule has 1 fully saturated rings. The molecule has 0 aromatic heterocycles. The topological polar surface area (TPSA) is 61.4 Å². The molecule has 0 saturated carbocycles. The fraction of sp³-hybridized carbons (Fsp3) is 0.846. The van der Waals surface area contributed by atoms with E-state index in [1.165, 1.54) is 0 Å². The highest BCUT2D eigenvalue weighted by atomic mass is 16.2. The van der Waals surface area contributed by atoms with Gasteiger partial charge in [-0.3, -0.25) is 9.59 Å². The molecule has 5 heteroatoms. The molecule has 0 radical (unpaired) electrons. The Morgan fingerprint density at radius 3 is 2.78 bits per heavy atom. The number of nitrogens with one attached hydrogen (secondary N) is 2. The molecule has 1 aliphatic rings. The van der Waals surface area contributed by atoms with Crippen molar-refractivity contribution < 1.29 is 9.59 Å². The van der Waals surface area contributed by atoms with Gasteiger partial charge in [-0.2, -0.15) is 0 Å². The molecule has 1 aliphatic heterocycles.